The molecule has 3 saturated carbocycles. The molecule has 154 valence electrons. The van der Waals surface area contributed by atoms with Gasteiger partial charge in [-0.3, -0.25) is 9.78 Å². The Morgan fingerprint density at radius 1 is 1.10 bits per heavy atom. The van der Waals surface area contributed by atoms with Gasteiger partial charge in [-0.1, -0.05) is 26.0 Å². The summed E-state index contributed by atoms with van der Waals surface area (Å²) in [7, 11) is 0. The van der Waals surface area contributed by atoms with Crippen LogP contribution in [0.5, 0.6) is 0 Å². The highest BCUT2D eigenvalue weighted by Crippen LogP contribution is 2.64. The molecule has 0 unspecified atom stereocenters. The molecule has 5 rings (SSSR count). The van der Waals surface area contributed by atoms with E-state index >= 15 is 0 Å². The number of nitrogens with zero attached hydrogens (tertiary/aromatic N) is 2. The van der Waals surface area contributed by atoms with Gasteiger partial charge in [-0.2, -0.15) is 5.10 Å². The van der Waals surface area contributed by atoms with Crippen molar-refractivity contribution < 1.29 is 4.79 Å². The van der Waals surface area contributed by atoms with Crippen LogP contribution in [0.2, 0.25) is 0 Å². The lowest BCUT2D eigenvalue weighted by Crippen LogP contribution is -2.52. The molecular weight excluding hydrogens is 358 g/mol. The van der Waals surface area contributed by atoms with E-state index in [1.54, 1.807) is 24.5 Å². The molecular formula is C25H33N3O. The van der Waals surface area contributed by atoms with Gasteiger partial charge in [0.25, 0.3) is 5.91 Å². The Morgan fingerprint density at radius 3 is 2.76 bits per heavy atom. The summed E-state index contributed by atoms with van der Waals surface area (Å²) in [6.45, 7) is 5.01. The lowest BCUT2D eigenvalue weighted by Gasteiger charge is -2.59. The summed E-state index contributed by atoms with van der Waals surface area (Å²) < 4.78 is 0. The monoisotopic (exact) mass is 391 g/mol. The van der Waals surface area contributed by atoms with Crippen molar-refractivity contribution in [3.8, 4) is 0 Å². The first-order valence-corrected chi connectivity index (χ1v) is 11.4. The minimum atomic E-state index is -0.136. The molecule has 1 aromatic rings. The minimum absolute atomic E-state index is 0.136. The number of hydrazone groups is 1. The van der Waals surface area contributed by atoms with Crippen LogP contribution in [-0.2, 0) is 0 Å². The number of aromatic nitrogens is 1. The first-order chi connectivity index (χ1) is 14.0. The molecule has 29 heavy (non-hydrogen) atoms. The van der Waals surface area contributed by atoms with Gasteiger partial charge in [0.15, 0.2) is 0 Å². The summed E-state index contributed by atoms with van der Waals surface area (Å²) >= 11 is 0. The number of rotatable bonds is 2. The number of allylic oxidation sites excluding steroid dienone is 2. The highest BCUT2D eigenvalue weighted by molar-refractivity contribution is 5.97. The zero-order valence-corrected chi connectivity index (χ0v) is 17.7. The largest absolute Gasteiger partial charge is 0.271 e. The number of carbonyl (C=O) groups is 1. The molecule has 1 N–H and O–H groups in total. The fourth-order valence-corrected chi connectivity index (χ4v) is 7.50. The molecule has 0 aromatic carbocycles. The highest BCUT2D eigenvalue weighted by Gasteiger charge is 2.58. The van der Waals surface area contributed by atoms with Crippen molar-refractivity contribution in [1.29, 1.82) is 0 Å². The minimum Gasteiger partial charge on any atom is -0.267 e. The van der Waals surface area contributed by atoms with E-state index in [-0.39, 0.29) is 11.3 Å². The van der Waals surface area contributed by atoms with Crippen molar-refractivity contribution in [2.24, 2.45) is 39.6 Å². The second-order valence-corrected chi connectivity index (χ2v) is 10.3. The van der Waals surface area contributed by atoms with Crippen molar-refractivity contribution in [1.82, 2.24) is 10.4 Å². The molecule has 0 aliphatic heterocycles. The van der Waals surface area contributed by atoms with Gasteiger partial charge in [-0.25, -0.2) is 5.43 Å². The predicted molar refractivity (Wildman–Crippen MR) is 115 cm³/mol. The average Bonchev–Trinajstić information content (AvgIpc) is 3.08. The zero-order valence-electron chi connectivity index (χ0n) is 17.7. The molecule has 4 aliphatic rings. The maximum Gasteiger partial charge on any atom is 0.271 e. The summed E-state index contributed by atoms with van der Waals surface area (Å²) in [5, 5.41) is 4.68. The van der Waals surface area contributed by atoms with Crippen molar-refractivity contribution >= 4 is 11.6 Å². The van der Waals surface area contributed by atoms with Gasteiger partial charge in [0, 0.05) is 29.1 Å². The van der Waals surface area contributed by atoms with Gasteiger partial charge in [-0.05, 0) is 92.6 Å². The fourth-order valence-electron chi connectivity index (χ4n) is 7.50. The third-order valence-corrected chi connectivity index (χ3v) is 9.19. The number of carbonyl (C=O) groups excluding carboxylic acids is 1. The van der Waals surface area contributed by atoms with Gasteiger partial charge >= 0.3 is 0 Å². The molecule has 4 aliphatic carbocycles. The Kier molecular flexibility index (Phi) is 4.64. The van der Waals surface area contributed by atoms with E-state index in [0.717, 1.165) is 30.1 Å². The number of nitrogens with one attached hydrogen (secondary N) is 1. The molecule has 0 spiro atoms. The van der Waals surface area contributed by atoms with Crippen LogP contribution in [0.25, 0.3) is 0 Å². The Morgan fingerprint density at radius 2 is 1.93 bits per heavy atom. The number of fused-ring (bicyclic) bond motifs is 5. The number of hydrogen-bond donors (Lipinski definition) is 1. The second-order valence-electron chi connectivity index (χ2n) is 10.3. The molecule has 0 radical (unpaired) electrons. The highest BCUT2D eigenvalue weighted by atomic mass is 16.2. The summed E-state index contributed by atoms with van der Waals surface area (Å²) in [5.41, 5.74) is 5.32. The number of hydrogen-bond acceptors (Lipinski definition) is 3. The van der Waals surface area contributed by atoms with Gasteiger partial charge in [0.1, 0.15) is 0 Å². The molecule has 3 fully saturated rings. The standard InChI is InChI=1S/C25H33N3O/c1-24-13-4-3-5-18(24)6-7-19-20-8-9-22(25(20,2)14-10-21(19)24)27-28-23(29)17-11-15-26-16-12-17/h3-4,11-12,15-16,18-21H,5-10,13-14H2,1-2H3,(H,28,29)/b27-22-/t18-,19+,20+,21+,24-,25-/m0/s1. The van der Waals surface area contributed by atoms with Gasteiger partial charge in [-0.15, -0.1) is 0 Å². The normalized spacial score (nSPS) is 42.1. The van der Waals surface area contributed by atoms with Crippen molar-refractivity contribution in [2.75, 3.05) is 0 Å². The van der Waals surface area contributed by atoms with E-state index in [1.165, 1.54) is 50.7 Å². The van der Waals surface area contributed by atoms with Crippen LogP contribution in [-0.4, -0.2) is 16.6 Å². The lowest BCUT2D eigenvalue weighted by molar-refractivity contribution is -0.0761. The molecule has 6 atom stereocenters. The Hall–Kier alpha value is -1.97. The molecule has 4 heteroatoms. The topological polar surface area (TPSA) is 54.4 Å². The molecule has 1 aromatic heterocycles. The summed E-state index contributed by atoms with van der Waals surface area (Å²) in [6, 6.07) is 3.47. The first-order valence-electron chi connectivity index (χ1n) is 11.4. The van der Waals surface area contributed by atoms with Crippen LogP contribution in [0.4, 0.5) is 0 Å². The van der Waals surface area contributed by atoms with Crippen LogP contribution < -0.4 is 5.43 Å². The van der Waals surface area contributed by atoms with Crippen LogP contribution in [0.15, 0.2) is 41.8 Å². The van der Waals surface area contributed by atoms with E-state index in [0.29, 0.717) is 11.0 Å². The lowest BCUT2D eigenvalue weighted by atomic mass is 9.46. The van der Waals surface area contributed by atoms with E-state index in [4.69, 9.17) is 0 Å². The fraction of sp³-hybridized carbons (Fsp3) is 0.640. The van der Waals surface area contributed by atoms with Gasteiger partial charge < -0.3 is 0 Å². The summed E-state index contributed by atoms with van der Waals surface area (Å²) in [6.07, 6.45) is 18.3. The van der Waals surface area contributed by atoms with E-state index in [1.807, 2.05) is 0 Å². The zero-order chi connectivity index (χ0) is 20.1. The van der Waals surface area contributed by atoms with Crippen LogP contribution in [0.3, 0.4) is 0 Å². The van der Waals surface area contributed by atoms with Crippen molar-refractivity contribution in [3.63, 3.8) is 0 Å². The summed E-state index contributed by atoms with van der Waals surface area (Å²) in [5.74, 6) is 3.15. The van der Waals surface area contributed by atoms with Crippen molar-refractivity contribution in [3.05, 3.63) is 42.2 Å². The number of pyridine rings is 1. The van der Waals surface area contributed by atoms with E-state index in [9.17, 15) is 4.79 Å². The van der Waals surface area contributed by atoms with Gasteiger partial charge in [0.05, 0.1) is 0 Å². The van der Waals surface area contributed by atoms with Crippen LogP contribution >= 0.6 is 0 Å². The molecule has 0 bridgehead atoms. The van der Waals surface area contributed by atoms with Crippen LogP contribution in [0, 0.1) is 34.5 Å². The second kappa shape index (κ2) is 7.07. The number of amides is 1. The Bertz CT molecular complexity index is 847. The first kappa shape index (κ1) is 19.0. The van der Waals surface area contributed by atoms with Crippen molar-refractivity contribution in [2.45, 2.75) is 65.2 Å². The maximum atomic E-state index is 12.4. The smallest absolute Gasteiger partial charge is 0.267 e. The Labute approximate surface area is 174 Å². The Balaban J connectivity index is 1.35. The molecule has 1 amide bonds. The summed E-state index contributed by atoms with van der Waals surface area (Å²) in [4.78, 5) is 16.4. The molecule has 0 saturated heterocycles. The van der Waals surface area contributed by atoms with Gasteiger partial charge in [0.2, 0.25) is 0 Å². The molecule has 4 nitrogen and oxygen atoms in total. The quantitative estimate of drug-likeness (QED) is 0.544. The predicted octanol–water partition coefficient (Wildman–Crippen LogP) is 5.38. The maximum absolute atomic E-state index is 12.4. The molecule has 1 heterocycles. The third kappa shape index (κ3) is 2.98. The average molecular weight is 392 g/mol. The third-order valence-electron chi connectivity index (χ3n) is 9.19. The van der Waals surface area contributed by atoms with E-state index < -0.39 is 0 Å². The van der Waals surface area contributed by atoms with Crippen LogP contribution in [0.1, 0.15) is 75.6 Å². The van der Waals surface area contributed by atoms with E-state index in [2.05, 4.69) is 41.5 Å². The SMILES string of the molecule is C[C@]12CC=CC[C@H]1CC[C@H]1[C@H]2CC[C@]2(C)/C(=N\NC(=O)c3ccncc3)CC[C@H]12.